The highest BCUT2D eigenvalue weighted by Crippen LogP contribution is 2.36. The second-order valence-corrected chi connectivity index (χ2v) is 5.37. The van der Waals surface area contributed by atoms with Gasteiger partial charge in [0.05, 0.1) is 11.3 Å². The van der Waals surface area contributed by atoms with E-state index in [1.54, 1.807) is 12.1 Å². The molecule has 0 aliphatic carbocycles. The van der Waals surface area contributed by atoms with Crippen LogP contribution in [0.4, 0.5) is 11.4 Å². The van der Waals surface area contributed by atoms with Gasteiger partial charge in [-0.2, -0.15) is 0 Å². The Labute approximate surface area is 118 Å². The monoisotopic (exact) mass is 267 g/mol. The van der Waals surface area contributed by atoms with Crippen LogP contribution in [0.3, 0.4) is 0 Å². The minimum Gasteiger partial charge on any atom is -0.478 e. The topological polar surface area (TPSA) is 40.5 Å². The van der Waals surface area contributed by atoms with Crippen molar-refractivity contribution in [3.63, 3.8) is 0 Å². The van der Waals surface area contributed by atoms with Crippen LogP contribution in [0.15, 0.2) is 48.5 Å². The smallest absolute Gasteiger partial charge is 0.337 e. The Morgan fingerprint density at radius 1 is 1.10 bits per heavy atom. The third-order valence-corrected chi connectivity index (χ3v) is 3.77. The average Bonchev–Trinajstić information content (AvgIpc) is 2.46. The van der Waals surface area contributed by atoms with Gasteiger partial charge in [-0.25, -0.2) is 4.79 Å². The van der Waals surface area contributed by atoms with E-state index in [2.05, 4.69) is 24.0 Å². The second kappa shape index (κ2) is 5.00. The number of rotatable bonds is 2. The highest BCUT2D eigenvalue weighted by atomic mass is 16.4. The molecule has 2 aromatic carbocycles. The van der Waals surface area contributed by atoms with Crippen molar-refractivity contribution >= 4 is 17.3 Å². The molecule has 3 rings (SSSR count). The van der Waals surface area contributed by atoms with Gasteiger partial charge >= 0.3 is 5.97 Å². The summed E-state index contributed by atoms with van der Waals surface area (Å²) in [7, 11) is 0. The second-order valence-electron chi connectivity index (χ2n) is 5.37. The third kappa shape index (κ3) is 2.16. The number of hydrogen-bond donors (Lipinski definition) is 1. The first-order chi connectivity index (χ1) is 9.66. The van der Waals surface area contributed by atoms with Crippen molar-refractivity contribution in [2.45, 2.75) is 13.3 Å². The van der Waals surface area contributed by atoms with E-state index in [0.717, 1.165) is 24.3 Å². The summed E-state index contributed by atoms with van der Waals surface area (Å²) >= 11 is 0. The van der Waals surface area contributed by atoms with Crippen LogP contribution in [-0.4, -0.2) is 17.6 Å². The van der Waals surface area contributed by atoms with Gasteiger partial charge in [0.2, 0.25) is 0 Å². The van der Waals surface area contributed by atoms with E-state index >= 15 is 0 Å². The van der Waals surface area contributed by atoms with Gasteiger partial charge in [0.25, 0.3) is 0 Å². The molecular formula is C17H17NO2. The molecule has 3 heteroatoms. The van der Waals surface area contributed by atoms with Crippen LogP contribution in [0, 0.1) is 5.92 Å². The number of nitrogens with zero attached hydrogens (tertiary/aromatic N) is 1. The summed E-state index contributed by atoms with van der Waals surface area (Å²) < 4.78 is 0. The Morgan fingerprint density at radius 3 is 2.50 bits per heavy atom. The molecule has 0 fully saturated rings. The molecule has 0 saturated carbocycles. The van der Waals surface area contributed by atoms with Crippen LogP contribution in [0.5, 0.6) is 0 Å². The molecule has 0 aromatic heterocycles. The highest BCUT2D eigenvalue weighted by Gasteiger charge is 2.25. The quantitative estimate of drug-likeness (QED) is 0.901. The van der Waals surface area contributed by atoms with Crippen LogP contribution in [-0.2, 0) is 6.42 Å². The molecule has 3 nitrogen and oxygen atoms in total. The van der Waals surface area contributed by atoms with Crippen molar-refractivity contribution in [1.29, 1.82) is 0 Å². The van der Waals surface area contributed by atoms with Crippen LogP contribution in [0.1, 0.15) is 22.8 Å². The van der Waals surface area contributed by atoms with E-state index in [1.165, 1.54) is 5.56 Å². The van der Waals surface area contributed by atoms with Gasteiger partial charge < -0.3 is 10.0 Å². The molecule has 1 atom stereocenters. The minimum atomic E-state index is -0.878. The summed E-state index contributed by atoms with van der Waals surface area (Å²) in [6, 6.07) is 15.5. The largest absolute Gasteiger partial charge is 0.478 e. The third-order valence-electron chi connectivity index (χ3n) is 3.77. The molecule has 20 heavy (non-hydrogen) atoms. The van der Waals surface area contributed by atoms with Gasteiger partial charge in [-0.3, -0.25) is 0 Å². The molecule has 2 aromatic rings. The zero-order valence-electron chi connectivity index (χ0n) is 11.4. The fourth-order valence-electron chi connectivity index (χ4n) is 2.91. The summed E-state index contributed by atoms with van der Waals surface area (Å²) in [5, 5.41) is 9.38. The lowest BCUT2D eigenvalue weighted by molar-refractivity contribution is 0.0697. The predicted octanol–water partition coefficient (Wildman–Crippen LogP) is 3.72. The van der Waals surface area contributed by atoms with Crippen molar-refractivity contribution in [2.24, 2.45) is 5.92 Å². The summed E-state index contributed by atoms with van der Waals surface area (Å²) in [4.78, 5) is 13.6. The van der Waals surface area contributed by atoms with Gasteiger partial charge in [0, 0.05) is 12.2 Å². The SMILES string of the molecule is CC1Cc2ccccc2N(c2ccccc2C(=O)O)C1. The summed E-state index contributed by atoms with van der Waals surface area (Å²) in [5.41, 5.74) is 3.54. The highest BCUT2D eigenvalue weighted by molar-refractivity contribution is 5.95. The van der Waals surface area contributed by atoms with Crippen LogP contribution in [0.2, 0.25) is 0 Å². The lowest BCUT2D eigenvalue weighted by atomic mass is 9.93. The Kier molecular flexibility index (Phi) is 3.18. The molecule has 0 bridgehead atoms. The molecule has 1 aliphatic rings. The zero-order chi connectivity index (χ0) is 14.1. The maximum Gasteiger partial charge on any atom is 0.337 e. The average molecular weight is 267 g/mol. The standard InChI is InChI=1S/C17H17NO2/c1-12-10-13-6-2-4-8-15(13)18(11-12)16-9-5-3-7-14(16)17(19)20/h2-9,12H,10-11H2,1H3,(H,19,20). The summed E-state index contributed by atoms with van der Waals surface area (Å²) in [5.74, 6) is -0.372. The molecule has 1 aliphatic heterocycles. The molecule has 0 saturated heterocycles. The van der Waals surface area contributed by atoms with Crippen molar-refractivity contribution in [3.8, 4) is 0 Å². The first-order valence-electron chi connectivity index (χ1n) is 6.84. The normalized spacial score (nSPS) is 17.6. The number of para-hydroxylation sites is 2. The van der Waals surface area contributed by atoms with E-state index in [4.69, 9.17) is 0 Å². The molecule has 1 unspecified atom stereocenters. The zero-order valence-corrected chi connectivity index (χ0v) is 11.4. The fourth-order valence-corrected chi connectivity index (χ4v) is 2.91. The van der Waals surface area contributed by atoms with Gasteiger partial charge in [0.1, 0.15) is 0 Å². The number of anilines is 2. The lowest BCUT2D eigenvalue weighted by Crippen LogP contribution is -2.31. The number of hydrogen-bond acceptors (Lipinski definition) is 2. The van der Waals surface area contributed by atoms with E-state index < -0.39 is 5.97 Å². The molecule has 0 spiro atoms. The molecule has 0 amide bonds. The number of benzene rings is 2. The first kappa shape index (κ1) is 12.7. The fraction of sp³-hybridized carbons (Fsp3) is 0.235. The number of aromatic carboxylic acids is 1. The number of carbonyl (C=O) groups is 1. The minimum absolute atomic E-state index is 0.358. The van der Waals surface area contributed by atoms with Gasteiger partial charge in [-0.15, -0.1) is 0 Å². The van der Waals surface area contributed by atoms with Crippen LogP contribution in [0.25, 0.3) is 0 Å². The van der Waals surface area contributed by atoms with E-state index in [1.807, 2.05) is 24.3 Å². The maximum atomic E-state index is 11.4. The van der Waals surface area contributed by atoms with Gasteiger partial charge in [0.15, 0.2) is 0 Å². The Bertz CT molecular complexity index is 651. The van der Waals surface area contributed by atoms with Crippen molar-refractivity contribution in [1.82, 2.24) is 0 Å². The van der Waals surface area contributed by atoms with Gasteiger partial charge in [-0.05, 0) is 36.1 Å². The Morgan fingerprint density at radius 2 is 1.75 bits per heavy atom. The number of carboxylic acid groups (broad SMARTS) is 1. The summed E-state index contributed by atoms with van der Waals surface area (Å²) in [6.45, 7) is 3.05. The Balaban J connectivity index is 2.13. The summed E-state index contributed by atoms with van der Waals surface area (Å²) in [6.07, 6.45) is 1.04. The molecular weight excluding hydrogens is 250 g/mol. The van der Waals surface area contributed by atoms with E-state index in [0.29, 0.717) is 11.5 Å². The number of carboxylic acids is 1. The maximum absolute atomic E-state index is 11.4. The molecule has 0 radical (unpaired) electrons. The first-order valence-corrected chi connectivity index (χ1v) is 6.84. The van der Waals surface area contributed by atoms with Crippen molar-refractivity contribution in [2.75, 3.05) is 11.4 Å². The molecule has 1 heterocycles. The van der Waals surface area contributed by atoms with Gasteiger partial charge in [-0.1, -0.05) is 37.3 Å². The van der Waals surface area contributed by atoms with E-state index in [9.17, 15) is 9.90 Å². The van der Waals surface area contributed by atoms with Crippen molar-refractivity contribution < 1.29 is 9.90 Å². The van der Waals surface area contributed by atoms with Crippen LogP contribution >= 0.6 is 0 Å². The van der Waals surface area contributed by atoms with E-state index in [-0.39, 0.29) is 0 Å². The molecule has 1 N–H and O–H groups in total. The predicted molar refractivity (Wildman–Crippen MR) is 79.7 cm³/mol. The van der Waals surface area contributed by atoms with Crippen molar-refractivity contribution in [3.05, 3.63) is 59.7 Å². The lowest BCUT2D eigenvalue weighted by Gasteiger charge is -2.35. The number of fused-ring (bicyclic) bond motifs is 1. The molecule has 102 valence electrons. The van der Waals surface area contributed by atoms with Crippen LogP contribution < -0.4 is 4.90 Å². The Hall–Kier alpha value is -2.29.